The average molecular weight is 190 g/mol. The Balaban J connectivity index is 2.04. The van der Waals surface area contributed by atoms with Crippen molar-refractivity contribution < 1.29 is 0 Å². The van der Waals surface area contributed by atoms with Gasteiger partial charge in [-0.1, -0.05) is 13.0 Å². The van der Waals surface area contributed by atoms with Crippen LogP contribution in [0.2, 0.25) is 0 Å². The van der Waals surface area contributed by atoms with Gasteiger partial charge in [-0.2, -0.15) is 0 Å². The van der Waals surface area contributed by atoms with Gasteiger partial charge in [0.15, 0.2) is 0 Å². The molecule has 76 valence electrons. The number of pyridine rings is 1. The van der Waals surface area contributed by atoms with E-state index in [4.69, 9.17) is 5.73 Å². The molecular formula is C12H18N2. The van der Waals surface area contributed by atoms with Crippen LogP contribution in [0.3, 0.4) is 0 Å². The molecule has 2 atom stereocenters. The molecule has 1 heterocycles. The van der Waals surface area contributed by atoms with Gasteiger partial charge in [-0.05, 0) is 43.2 Å². The summed E-state index contributed by atoms with van der Waals surface area (Å²) < 4.78 is 0. The number of nitrogens with zero attached hydrogens (tertiary/aromatic N) is 1. The summed E-state index contributed by atoms with van der Waals surface area (Å²) in [5.74, 6) is 0.789. The van der Waals surface area contributed by atoms with Crippen LogP contribution >= 0.6 is 0 Å². The SMILES string of the molecule is CC1CCC(N)(Cc2cccnc2)C1. The number of hydrogen-bond acceptors (Lipinski definition) is 2. The van der Waals surface area contributed by atoms with Gasteiger partial charge in [0.05, 0.1) is 0 Å². The highest BCUT2D eigenvalue weighted by atomic mass is 14.8. The number of nitrogens with two attached hydrogens (primary N) is 1. The Kier molecular flexibility index (Phi) is 2.55. The molecule has 0 bridgehead atoms. The lowest BCUT2D eigenvalue weighted by Gasteiger charge is -2.23. The maximum atomic E-state index is 6.35. The van der Waals surface area contributed by atoms with Gasteiger partial charge < -0.3 is 5.73 Å². The van der Waals surface area contributed by atoms with Crippen molar-refractivity contribution in [3.05, 3.63) is 30.1 Å². The minimum Gasteiger partial charge on any atom is -0.325 e. The first-order valence-corrected chi connectivity index (χ1v) is 5.36. The summed E-state index contributed by atoms with van der Waals surface area (Å²) in [7, 11) is 0. The first-order valence-electron chi connectivity index (χ1n) is 5.36. The van der Waals surface area contributed by atoms with Crippen molar-refractivity contribution >= 4 is 0 Å². The van der Waals surface area contributed by atoms with Crippen LogP contribution in [-0.2, 0) is 6.42 Å². The van der Waals surface area contributed by atoms with Gasteiger partial charge in [0, 0.05) is 17.9 Å². The van der Waals surface area contributed by atoms with Crippen LogP contribution in [0.5, 0.6) is 0 Å². The maximum absolute atomic E-state index is 6.35. The Labute approximate surface area is 85.5 Å². The van der Waals surface area contributed by atoms with Gasteiger partial charge in [-0.3, -0.25) is 4.98 Å². The Morgan fingerprint density at radius 3 is 3.07 bits per heavy atom. The van der Waals surface area contributed by atoms with Crippen molar-refractivity contribution in [2.75, 3.05) is 0 Å². The van der Waals surface area contributed by atoms with Crippen molar-refractivity contribution in [1.82, 2.24) is 4.98 Å². The largest absolute Gasteiger partial charge is 0.325 e. The molecule has 14 heavy (non-hydrogen) atoms. The molecule has 0 amide bonds. The molecular weight excluding hydrogens is 172 g/mol. The van der Waals surface area contributed by atoms with Gasteiger partial charge in [0.25, 0.3) is 0 Å². The monoisotopic (exact) mass is 190 g/mol. The third kappa shape index (κ3) is 2.13. The second-order valence-electron chi connectivity index (χ2n) is 4.75. The van der Waals surface area contributed by atoms with Crippen molar-refractivity contribution in [1.29, 1.82) is 0 Å². The molecule has 2 unspecified atom stereocenters. The van der Waals surface area contributed by atoms with Gasteiger partial charge in [-0.25, -0.2) is 0 Å². The zero-order valence-corrected chi connectivity index (χ0v) is 8.74. The molecule has 0 aromatic carbocycles. The lowest BCUT2D eigenvalue weighted by Crippen LogP contribution is -2.39. The van der Waals surface area contributed by atoms with Crippen LogP contribution in [0, 0.1) is 5.92 Å². The fourth-order valence-electron chi connectivity index (χ4n) is 2.50. The third-order valence-corrected chi connectivity index (χ3v) is 3.17. The van der Waals surface area contributed by atoms with Crippen LogP contribution in [0.4, 0.5) is 0 Å². The molecule has 1 saturated carbocycles. The maximum Gasteiger partial charge on any atom is 0.0300 e. The molecule has 0 aliphatic heterocycles. The van der Waals surface area contributed by atoms with E-state index < -0.39 is 0 Å². The van der Waals surface area contributed by atoms with E-state index in [1.807, 2.05) is 18.5 Å². The highest BCUT2D eigenvalue weighted by molar-refractivity contribution is 5.14. The van der Waals surface area contributed by atoms with E-state index in [-0.39, 0.29) is 5.54 Å². The Morgan fingerprint density at radius 2 is 2.50 bits per heavy atom. The lowest BCUT2D eigenvalue weighted by molar-refractivity contribution is 0.419. The number of hydrogen-bond donors (Lipinski definition) is 1. The van der Waals surface area contributed by atoms with E-state index >= 15 is 0 Å². The molecule has 2 rings (SSSR count). The van der Waals surface area contributed by atoms with Gasteiger partial charge >= 0.3 is 0 Å². The summed E-state index contributed by atoms with van der Waals surface area (Å²) >= 11 is 0. The van der Waals surface area contributed by atoms with E-state index in [9.17, 15) is 0 Å². The van der Waals surface area contributed by atoms with Crippen molar-refractivity contribution in [3.8, 4) is 0 Å². The highest BCUT2D eigenvalue weighted by Gasteiger charge is 2.33. The van der Waals surface area contributed by atoms with Crippen LogP contribution in [0.1, 0.15) is 31.7 Å². The van der Waals surface area contributed by atoms with E-state index in [1.54, 1.807) is 0 Å². The molecule has 0 spiro atoms. The molecule has 1 aliphatic carbocycles. The predicted octanol–water partition coefficient (Wildman–Crippen LogP) is 2.14. The number of rotatable bonds is 2. The summed E-state index contributed by atoms with van der Waals surface area (Å²) in [5, 5.41) is 0. The Hall–Kier alpha value is -0.890. The summed E-state index contributed by atoms with van der Waals surface area (Å²) in [6, 6.07) is 4.10. The second-order valence-corrected chi connectivity index (χ2v) is 4.75. The van der Waals surface area contributed by atoms with Crippen LogP contribution < -0.4 is 5.73 Å². The van der Waals surface area contributed by atoms with Gasteiger partial charge in [-0.15, -0.1) is 0 Å². The summed E-state index contributed by atoms with van der Waals surface area (Å²) in [6.45, 7) is 2.29. The smallest absolute Gasteiger partial charge is 0.0300 e. The standard InChI is InChI=1S/C12H18N2/c1-10-4-5-12(13,7-10)8-11-3-2-6-14-9-11/h2-3,6,9-10H,4-5,7-8,13H2,1H3. The Bertz CT molecular complexity index is 296. The van der Waals surface area contributed by atoms with E-state index in [1.165, 1.54) is 12.0 Å². The zero-order valence-electron chi connectivity index (χ0n) is 8.74. The molecule has 0 saturated heterocycles. The average Bonchev–Trinajstić information content (AvgIpc) is 2.47. The molecule has 2 nitrogen and oxygen atoms in total. The molecule has 1 fully saturated rings. The first-order chi connectivity index (χ1) is 6.68. The van der Waals surface area contributed by atoms with E-state index in [0.717, 1.165) is 25.2 Å². The molecule has 1 aromatic heterocycles. The van der Waals surface area contributed by atoms with E-state index in [0.29, 0.717) is 0 Å². The molecule has 2 heteroatoms. The molecule has 0 radical (unpaired) electrons. The molecule has 1 aromatic rings. The molecule has 1 aliphatic rings. The highest BCUT2D eigenvalue weighted by Crippen LogP contribution is 2.34. The minimum absolute atomic E-state index is 0.0302. The fraction of sp³-hybridized carbons (Fsp3) is 0.583. The van der Waals surface area contributed by atoms with Crippen LogP contribution in [-0.4, -0.2) is 10.5 Å². The summed E-state index contributed by atoms with van der Waals surface area (Å²) in [4.78, 5) is 4.12. The van der Waals surface area contributed by atoms with Crippen molar-refractivity contribution in [2.24, 2.45) is 11.7 Å². The first kappa shape index (κ1) is 9.66. The van der Waals surface area contributed by atoms with Crippen LogP contribution in [0.25, 0.3) is 0 Å². The van der Waals surface area contributed by atoms with Crippen molar-refractivity contribution in [3.63, 3.8) is 0 Å². The van der Waals surface area contributed by atoms with Gasteiger partial charge in [0.1, 0.15) is 0 Å². The Morgan fingerprint density at radius 1 is 1.64 bits per heavy atom. The summed E-state index contributed by atoms with van der Waals surface area (Å²) in [6.07, 6.45) is 8.30. The zero-order chi connectivity index (χ0) is 10.0. The normalized spacial score (nSPS) is 32.0. The van der Waals surface area contributed by atoms with Crippen LogP contribution in [0.15, 0.2) is 24.5 Å². The second kappa shape index (κ2) is 3.70. The quantitative estimate of drug-likeness (QED) is 0.776. The van der Waals surface area contributed by atoms with Crippen molar-refractivity contribution in [2.45, 2.75) is 38.1 Å². The molecule has 2 N–H and O–H groups in total. The minimum atomic E-state index is 0.0302. The topological polar surface area (TPSA) is 38.9 Å². The summed E-state index contributed by atoms with van der Waals surface area (Å²) in [5.41, 5.74) is 7.65. The third-order valence-electron chi connectivity index (χ3n) is 3.17. The fourth-order valence-corrected chi connectivity index (χ4v) is 2.50. The lowest BCUT2D eigenvalue weighted by atomic mass is 9.90. The van der Waals surface area contributed by atoms with E-state index in [2.05, 4.69) is 18.0 Å². The number of aromatic nitrogens is 1. The predicted molar refractivity (Wildman–Crippen MR) is 57.9 cm³/mol. The van der Waals surface area contributed by atoms with Gasteiger partial charge in [0.2, 0.25) is 0 Å².